The van der Waals surface area contributed by atoms with Crippen molar-refractivity contribution >= 4 is 5.69 Å². The van der Waals surface area contributed by atoms with Crippen molar-refractivity contribution in [3.8, 4) is 0 Å². The largest absolute Gasteiger partial charge is 0.310 e. The molecule has 5 heteroatoms. The van der Waals surface area contributed by atoms with E-state index in [9.17, 15) is 14.5 Å². The highest BCUT2D eigenvalue weighted by Gasteiger charge is 2.13. The number of benzene rings is 2. The smallest absolute Gasteiger partial charge is 0.272 e. The predicted octanol–water partition coefficient (Wildman–Crippen LogP) is 3.63. The van der Waals surface area contributed by atoms with Gasteiger partial charge in [-0.1, -0.05) is 36.4 Å². The van der Waals surface area contributed by atoms with Crippen molar-refractivity contribution in [2.75, 3.05) is 6.54 Å². The van der Waals surface area contributed by atoms with Crippen molar-refractivity contribution in [1.82, 2.24) is 5.32 Å². The Labute approximate surface area is 122 Å². The summed E-state index contributed by atoms with van der Waals surface area (Å²) in [4.78, 5) is 10.5. The summed E-state index contributed by atoms with van der Waals surface area (Å²) in [6.45, 7) is 2.41. The molecule has 0 aliphatic heterocycles. The van der Waals surface area contributed by atoms with E-state index in [4.69, 9.17) is 0 Å². The molecule has 1 unspecified atom stereocenters. The van der Waals surface area contributed by atoms with Crippen LogP contribution in [0, 0.1) is 15.9 Å². The molecule has 2 aromatic rings. The van der Waals surface area contributed by atoms with Crippen LogP contribution < -0.4 is 5.32 Å². The topological polar surface area (TPSA) is 55.2 Å². The van der Waals surface area contributed by atoms with Crippen LogP contribution in [0.3, 0.4) is 0 Å². The van der Waals surface area contributed by atoms with Crippen LogP contribution in [0.5, 0.6) is 0 Å². The van der Waals surface area contributed by atoms with E-state index in [2.05, 4.69) is 5.32 Å². The molecule has 0 aromatic heterocycles. The number of rotatable bonds is 6. The van der Waals surface area contributed by atoms with Crippen molar-refractivity contribution < 1.29 is 9.31 Å². The molecule has 2 rings (SSSR count). The third-order valence-electron chi connectivity index (χ3n) is 3.40. The van der Waals surface area contributed by atoms with Crippen molar-refractivity contribution in [2.45, 2.75) is 19.4 Å². The molecule has 1 atom stereocenters. The zero-order valence-electron chi connectivity index (χ0n) is 11.8. The van der Waals surface area contributed by atoms with Crippen molar-refractivity contribution in [1.29, 1.82) is 0 Å². The van der Waals surface area contributed by atoms with Gasteiger partial charge in [0.15, 0.2) is 0 Å². The minimum absolute atomic E-state index is 0.123. The molecule has 21 heavy (non-hydrogen) atoms. The lowest BCUT2D eigenvalue weighted by atomic mass is 10.1. The van der Waals surface area contributed by atoms with E-state index in [-0.39, 0.29) is 22.5 Å². The maximum Gasteiger partial charge on any atom is 0.272 e. The van der Waals surface area contributed by atoms with Gasteiger partial charge in [-0.25, -0.2) is 4.39 Å². The molecule has 0 amide bonds. The Kier molecular flexibility index (Phi) is 5.00. The van der Waals surface area contributed by atoms with Crippen molar-refractivity contribution in [3.63, 3.8) is 0 Å². The molecule has 1 N–H and O–H groups in total. The quantitative estimate of drug-likeness (QED) is 0.652. The van der Waals surface area contributed by atoms with E-state index in [1.165, 1.54) is 12.1 Å². The van der Waals surface area contributed by atoms with Gasteiger partial charge in [0.05, 0.1) is 4.92 Å². The molecule has 0 bridgehead atoms. The number of nitrogens with zero attached hydrogens (tertiary/aromatic N) is 1. The lowest BCUT2D eigenvalue weighted by molar-refractivity contribution is -0.385. The average molecular weight is 288 g/mol. The SMILES string of the molecule is CC(NCCc1ccccc1[N+](=O)[O-])c1ccccc1F. The fourth-order valence-electron chi connectivity index (χ4n) is 2.26. The van der Waals surface area contributed by atoms with Gasteiger partial charge < -0.3 is 5.32 Å². The summed E-state index contributed by atoms with van der Waals surface area (Å²) in [5.41, 5.74) is 1.40. The molecule has 0 heterocycles. The molecule has 0 saturated carbocycles. The van der Waals surface area contributed by atoms with E-state index >= 15 is 0 Å². The molecular formula is C16H17FN2O2. The molecule has 0 saturated heterocycles. The summed E-state index contributed by atoms with van der Waals surface area (Å²) in [5.74, 6) is -0.247. The Morgan fingerprint density at radius 3 is 2.57 bits per heavy atom. The summed E-state index contributed by atoms with van der Waals surface area (Å²) in [6.07, 6.45) is 0.524. The molecular weight excluding hydrogens is 271 g/mol. The first kappa shape index (κ1) is 15.1. The van der Waals surface area contributed by atoms with E-state index in [1.54, 1.807) is 36.4 Å². The van der Waals surface area contributed by atoms with Gasteiger partial charge in [0.2, 0.25) is 0 Å². The highest BCUT2D eigenvalue weighted by molar-refractivity contribution is 5.39. The number of nitro benzene ring substituents is 1. The second kappa shape index (κ2) is 6.95. The lowest BCUT2D eigenvalue weighted by Crippen LogP contribution is -2.22. The fourth-order valence-corrected chi connectivity index (χ4v) is 2.26. The molecule has 0 aliphatic rings. The third-order valence-corrected chi connectivity index (χ3v) is 3.40. The average Bonchev–Trinajstić information content (AvgIpc) is 2.48. The highest BCUT2D eigenvalue weighted by Crippen LogP contribution is 2.19. The Balaban J connectivity index is 1.96. The Morgan fingerprint density at radius 1 is 1.19 bits per heavy atom. The zero-order valence-corrected chi connectivity index (χ0v) is 11.8. The molecule has 0 radical (unpaired) electrons. The van der Waals surface area contributed by atoms with Gasteiger partial charge in [0, 0.05) is 23.2 Å². The molecule has 0 fully saturated rings. The van der Waals surface area contributed by atoms with Crippen LogP contribution in [0.15, 0.2) is 48.5 Å². The van der Waals surface area contributed by atoms with Gasteiger partial charge in [0.1, 0.15) is 5.82 Å². The van der Waals surface area contributed by atoms with Crippen molar-refractivity contribution in [3.05, 3.63) is 75.6 Å². The minimum atomic E-state index is -0.379. The first-order valence-electron chi connectivity index (χ1n) is 6.79. The van der Waals surface area contributed by atoms with Gasteiger partial charge in [0.25, 0.3) is 5.69 Å². The third kappa shape index (κ3) is 3.86. The number of nitrogens with one attached hydrogen (secondary N) is 1. The fraction of sp³-hybridized carbons (Fsp3) is 0.250. The van der Waals surface area contributed by atoms with Gasteiger partial charge in [-0.05, 0) is 26.0 Å². The van der Waals surface area contributed by atoms with Crippen LogP contribution in [0.25, 0.3) is 0 Å². The Hall–Kier alpha value is -2.27. The summed E-state index contributed by atoms with van der Waals surface area (Å²) in [6, 6.07) is 13.1. The first-order chi connectivity index (χ1) is 10.1. The van der Waals surface area contributed by atoms with Crippen LogP contribution in [0.1, 0.15) is 24.1 Å². The number of hydrogen-bond donors (Lipinski definition) is 1. The monoisotopic (exact) mass is 288 g/mol. The Bertz CT molecular complexity index is 631. The highest BCUT2D eigenvalue weighted by atomic mass is 19.1. The molecule has 0 aliphatic carbocycles. The van der Waals surface area contributed by atoms with Gasteiger partial charge >= 0.3 is 0 Å². The summed E-state index contributed by atoms with van der Waals surface area (Å²) >= 11 is 0. The molecule has 0 spiro atoms. The van der Waals surface area contributed by atoms with Crippen LogP contribution in [-0.2, 0) is 6.42 Å². The van der Waals surface area contributed by atoms with E-state index in [0.717, 1.165) is 0 Å². The lowest BCUT2D eigenvalue weighted by Gasteiger charge is -2.15. The van der Waals surface area contributed by atoms with Gasteiger partial charge in [-0.3, -0.25) is 10.1 Å². The molecule has 110 valence electrons. The second-order valence-electron chi connectivity index (χ2n) is 4.83. The number of para-hydroxylation sites is 1. The minimum Gasteiger partial charge on any atom is -0.310 e. The zero-order chi connectivity index (χ0) is 15.2. The van der Waals surface area contributed by atoms with Crippen LogP contribution in [0.4, 0.5) is 10.1 Å². The van der Waals surface area contributed by atoms with Crippen LogP contribution in [0.2, 0.25) is 0 Å². The number of hydrogen-bond acceptors (Lipinski definition) is 3. The maximum atomic E-state index is 13.6. The molecule has 4 nitrogen and oxygen atoms in total. The maximum absolute atomic E-state index is 13.6. The summed E-state index contributed by atoms with van der Waals surface area (Å²) < 4.78 is 13.6. The van der Waals surface area contributed by atoms with Crippen molar-refractivity contribution in [2.24, 2.45) is 0 Å². The van der Waals surface area contributed by atoms with Crippen LogP contribution >= 0.6 is 0 Å². The normalized spacial score (nSPS) is 12.1. The van der Waals surface area contributed by atoms with Gasteiger partial charge in [-0.15, -0.1) is 0 Å². The number of nitro groups is 1. The molecule has 2 aromatic carbocycles. The number of halogens is 1. The van der Waals surface area contributed by atoms with Crippen LogP contribution in [-0.4, -0.2) is 11.5 Å². The van der Waals surface area contributed by atoms with Gasteiger partial charge in [-0.2, -0.15) is 0 Å². The second-order valence-corrected chi connectivity index (χ2v) is 4.83. The van der Waals surface area contributed by atoms with E-state index in [1.807, 2.05) is 6.92 Å². The first-order valence-corrected chi connectivity index (χ1v) is 6.79. The standard InChI is InChI=1S/C16H17FN2O2/c1-12(14-7-3-4-8-15(14)17)18-11-10-13-6-2-5-9-16(13)19(20)21/h2-9,12,18H,10-11H2,1H3. The summed E-state index contributed by atoms with van der Waals surface area (Å²) in [5, 5.41) is 14.1. The Morgan fingerprint density at radius 2 is 1.86 bits per heavy atom. The summed E-state index contributed by atoms with van der Waals surface area (Å²) in [7, 11) is 0. The van der Waals surface area contributed by atoms with E-state index < -0.39 is 0 Å². The predicted molar refractivity (Wildman–Crippen MR) is 79.6 cm³/mol. The van der Waals surface area contributed by atoms with E-state index in [0.29, 0.717) is 24.1 Å².